The van der Waals surface area contributed by atoms with Gasteiger partial charge in [0.15, 0.2) is 6.29 Å². The van der Waals surface area contributed by atoms with Crippen LogP contribution in [-0.4, -0.2) is 41.0 Å². The van der Waals surface area contributed by atoms with E-state index in [1.807, 2.05) is 0 Å². The number of anilines is 1. The largest absolute Gasteiger partial charge is 0.506 e. The zero-order valence-electron chi connectivity index (χ0n) is 19.4. The molecule has 1 heterocycles. The molecule has 2 aromatic rings. The fourth-order valence-electron chi connectivity index (χ4n) is 4.21. The molecule has 3 atom stereocenters. The van der Waals surface area contributed by atoms with Gasteiger partial charge in [-0.2, -0.15) is 0 Å². The van der Waals surface area contributed by atoms with Gasteiger partial charge in [0.1, 0.15) is 11.1 Å². The molecular formula is C26H37N3O3S. The standard InChI is InChI=1S/C26H37N3O3S/c1-2-3-4-5-9-20(27)15-19-8-6-7-18(14-19)12-13-28-16-23(32)21-10-11-22(31)25-26(21)33-24(17-30)29-25/h6-8,10-11,14,17,20,23-24,28-29,31-32H,2-5,9,12-13,15-16,27H2,1H3/t20?,23-,24?/m0/s1. The second kappa shape index (κ2) is 13.0. The normalized spacial score (nSPS) is 16.8. The van der Waals surface area contributed by atoms with Gasteiger partial charge < -0.3 is 31.4 Å². The molecule has 0 amide bonds. The molecule has 0 spiro atoms. The van der Waals surface area contributed by atoms with E-state index in [-0.39, 0.29) is 11.8 Å². The van der Waals surface area contributed by atoms with Crippen LogP contribution in [0.4, 0.5) is 5.69 Å². The lowest BCUT2D eigenvalue weighted by molar-refractivity contribution is -0.107. The maximum absolute atomic E-state index is 11.1. The monoisotopic (exact) mass is 471 g/mol. The first-order valence-corrected chi connectivity index (χ1v) is 12.9. The fraction of sp³-hybridized carbons (Fsp3) is 0.500. The van der Waals surface area contributed by atoms with E-state index in [1.165, 1.54) is 48.6 Å². The van der Waals surface area contributed by atoms with E-state index in [9.17, 15) is 15.0 Å². The second-order valence-corrected chi connectivity index (χ2v) is 9.95. The molecule has 0 aliphatic carbocycles. The summed E-state index contributed by atoms with van der Waals surface area (Å²) in [5.74, 6) is 0.0892. The van der Waals surface area contributed by atoms with Crippen molar-refractivity contribution in [3.63, 3.8) is 0 Å². The van der Waals surface area contributed by atoms with Gasteiger partial charge in [-0.3, -0.25) is 0 Å². The number of unbranched alkanes of at least 4 members (excludes halogenated alkanes) is 3. The summed E-state index contributed by atoms with van der Waals surface area (Å²) in [4.78, 5) is 11.9. The Hall–Kier alpha value is -2.06. The summed E-state index contributed by atoms with van der Waals surface area (Å²) in [5, 5.41) is 26.6. The Kier molecular flexibility index (Phi) is 10.1. The number of aldehydes is 1. The van der Waals surface area contributed by atoms with Gasteiger partial charge in [0, 0.05) is 17.5 Å². The van der Waals surface area contributed by atoms with Gasteiger partial charge in [-0.15, -0.1) is 0 Å². The molecule has 180 valence electrons. The molecule has 0 saturated heterocycles. The van der Waals surface area contributed by atoms with E-state index in [1.54, 1.807) is 12.1 Å². The first-order valence-electron chi connectivity index (χ1n) is 12.0. The lowest BCUT2D eigenvalue weighted by Crippen LogP contribution is -2.24. The lowest BCUT2D eigenvalue weighted by atomic mass is 9.99. The first-order chi connectivity index (χ1) is 16.0. The van der Waals surface area contributed by atoms with Gasteiger partial charge in [0.25, 0.3) is 0 Å². The zero-order valence-corrected chi connectivity index (χ0v) is 20.2. The quantitative estimate of drug-likeness (QED) is 0.160. The number of rotatable bonds is 14. The Labute approximate surface area is 201 Å². The van der Waals surface area contributed by atoms with Gasteiger partial charge in [-0.1, -0.05) is 74.7 Å². The molecule has 33 heavy (non-hydrogen) atoms. The average Bonchev–Trinajstić information content (AvgIpc) is 3.25. The molecule has 2 aromatic carbocycles. The summed E-state index contributed by atoms with van der Waals surface area (Å²) in [6, 6.07) is 12.1. The van der Waals surface area contributed by atoms with Gasteiger partial charge in [-0.25, -0.2) is 0 Å². The van der Waals surface area contributed by atoms with Gasteiger partial charge in [-0.05, 0) is 48.6 Å². The van der Waals surface area contributed by atoms with Crippen molar-refractivity contribution in [1.82, 2.24) is 5.32 Å². The molecule has 6 N–H and O–H groups in total. The number of thioether (sulfide) groups is 1. The SMILES string of the molecule is CCCCCCC(N)Cc1cccc(CCNC[C@H](O)c2ccc(O)c3c2SC(C=O)N3)c1. The first kappa shape index (κ1) is 25.6. The Bertz CT molecular complexity index is 908. The summed E-state index contributed by atoms with van der Waals surface area (Å²) >= 11 is 1.32. The lowest BCUT2D eigenvalue weighted by Gasteiger charge is -2.16. The third-order valence-electron chi connectivity index (χ3n) is 6.03. The molecule has 3 rings (SSSR count). The van der Waals surface area contributed by atoms with Crippen LogP contribution in [0.15, 0.2) is 41.3 Å². The number of aliphatic hydroxyl groups excluding tert-OH is 1. The molecular weight excluding hydrogens is 434 g/mol. The Balaban J connectivity index is 1.45. The van der Waals surface area contributed by atoms with Gasteiger partial charge in [0.05, 0.1) is 11.8 Å². The van der Waals surface area contributed by atoms with Crippen molar-refractivity contribution in [2.45, 2.75) is 74.3 Å². The summed E-state index contributed by atoms with van der Waals surface area (Å²) in [7, 11) is 0. The number of carbonyl (C=O) groups is 1. The number of phenolic OH excluding ortho intramolecular Hbond substituents is 1. The smallest absolute Gasteiger partial charge is 0.152 e. The second-order valence-electron chi connectivity index (χ2n) is 8.80. The molecule has 0 saturated carbocycles. The molecule has 2 unspecified atom stereocenters. The minimum atomic E-state index is -0.726. The fourth-order valence-corrected chi connectivity index (χ4v) is 5.32. The van der Waals surface area contributed by atoms with Crippen molar-refractivity contribution < 1.29 is 15.0 Å². The van der Waals surface area contributed by atoms with Crippen LogP contribution in [0.3, 0.4) is 0 Å². The number of fused-ring (bicyclic) bond motifs is 1. The number of aromatic hydroxyl groups is 1. The van der Waals surface area contributed by atoms with E-state index < -0.39 is 11.5 Å². The average molecular weight is 472 g/mol. The highest BCUT2D eigenvalue weighted by molar-refractivity contribution is 8.01. The van der Waals surface area contributed by atoms with Crippen molar-refractivity contribution in [2.24, 2.45) is 5.73 Å². The number of benzene rings is 2. The number of aliphatic hydroxyl groups is 1. The van der Waals surface area contributed by atoms with Crippen molar-refractivity contribution in [3.05, 3.63) is 53.1 Å². The van der Waals surface area contributed by atoms with Crippen LogP contribution in [0.2, 0.25) is 0 Å². The molecule has 0 aromatic heterocycles. The molecule has 0 bridgehead atoms. The number of hydrogen-bond donors (Lipinski definition) is 5. The highest BCUT2D eigenvalue weighted by Crippen LogP contribution is 2.46. The Morgan fingerprint density at radius 2 is 2.03 bits per heavy atom. The Morgan fingerprint density at radius 3 is 2.82 bits per heavy atom. The van der Waals surface area contributed by atoms with Gasteiger partial charge >= 0.3 is 0 Å². The Morgan fingerprint density at radius 1 is 1.21 bits per heavy atom. The van der Waals surface area contributed by atoms with E-state index in [0.29, 0.717) is 17.8 Å². The minimum Gasteiger partial charge on any atom is -0.506 e. The van der Waals surface area contributed by atoms with E-state index in [4.69, 9.17) is 5.73 Å². The number of hydrogen-bond acceptors (Lipinski definition) is 7. The highest BCUT2D eigenvalue weighted by atomic mass is 32.2. The van der Waals surface area contributed by atoms with E-state index >= 15 is 0 Å². The number of carbonyl (C=O) groups excluding carboxylic acids is 1. The summed E-state index contributed by atoms with van der Waals surface area (Å²) < 4.78 is 0. The molecule has 0 radical (unpaired) electrons. The van der Waals surface area contributed by atoms with Crippen LogP contribution in [0.25, 0.3) is 0 Å². The predicted molar refractivity (Wildman–Crippen MR) is 136 cm³/mol. The van der Waals surface area contributed by atoms with Crippen LogP contribution in [0.5, 0.6) is 5.75 Å². The van der Waals surface area contributed by atoms with Crippen LogP contribution < -0.4 is 16.4 Å². The minimum absolute atomic E-state index is 0.0892. The zero-order chi connectivity index (χ0) is 23.6. The van der Waals surface area contributed by atoms with Crippen molar-refractivity contribution in [3.8, 4) is 5.75 Å². The highest BCUT2D eigenvalue weighted by Gasteiger charge is 2.28. The number of phenols is 1. The van der Waals surface area contributed by atoms with Crippen LogP contribution >= 0.6 is 11.8 Å². The summed E-state index contributed by atoms with van der Waals surface area (Å²) in [6.07, 6.45) is 7.92. The predicted octanol–water partition coefficient (Wildman–Crippen LogP) is 4.14. The molecule has 1 aliphatic rings. The maximum atomic E-state index is 11.1. The van der Waals surface area contributed by atoms with Crippen LogP contribution in [0.1, 0.15) is 61.8 Å². The number of nitrogens with two attached hydrogens (primary N) is 1. The van der Waals surface area contributed by atoms with Crippen molar-refractivity contribution >= 4 is 23.7 Å². The van der Waals surface area contributed by atoms with Crippen LogP contribution in [-0.2, 0) is 17.6 Å². The molecule has 7 heteroatoms. The summed E-state index contributed by atoms with van der Waals surface area (Å²) in [5.41, 5.74) is 10.1. The molecule has 1 aliphatic heterocycles. The van der Waals surface area contributed by atoms with Crippen LogP contribution in [0, 0.1) is 0 Å². The van der Waals surface area contributed by atoms with Gasteiger partial charge in [0.2, 0.25) is 0 Å². The van der Waals surface area contributed by atoms with E-state index in [0.717, 1.165) is 37.0 Å². The van der Waals surface area contributed by atoms with Crippen molar-refractivity contribution in [1.29, 1.82) is 0 Å². The maximum Gasteiger partial charge on any atom is 0.152 e. The number of nitrogens with one attached hydrogen (secondary N) is 2. The third-order valence-corrected chi connectivity index (χ3v) is 7.18. The summed E-state index contributed by atoms with van der Waals surface area (Å²) in [6.45, 7) is 3.36. The topological polar surface area (TPSA) is 108 Å². The van der Waals surface area contributed by atoms with Crippen molar-refractivity contribution in [2.75, 3.05) is 18.4 Å². The third kappa shape index (κ3) is 7.47. The molecule has 6 nitrogen and oxygen atoms in total. The molecule has 0 fully saturated rings. The van der Waals surface area contributed by atoms with E-state index in [2.05, 4.69) is 41.8 Å².